The first-order chi connectivity index (χ1) is 10.1. The standard InChI is InChI=1S/C17H32N2O2/c1-3-4-11-18-17(21)13(2)19-12-6-5-9-15(19)14-8-7-10-16(14)20/h13-16,20H,3-12H2,1-2H3,(H,18,21). The Labute approximate surface area is 129 Å². The van der Waals surface area contributed by atoms with Crippen molar-refractivity contribution in [3.63, 3.8) is 0 Å². The number of likely N-dealkylation sites (tertiary alicyclic amines) is 1. The number of rotatable bonds is 6. The summed E-state index contributed by atoms with van der Waals surface area (Å²) < 4.78 is 0. The maximum Gasteiger partial charge on any atom is 0.237 e. The highest BCUT2D eigenvalue weighted by atomic mass is 16.3. The van der Waals surface area contributed by atoms with Gasteiger partial charge in [-0.15, -0.1) is 0 Å². The SMILES string of the molecule is CCCCNC(=O)C(C)N1CCCCC1C1CCCC1O. The molecule has 0 aromatic rings. The first-order valence-corrected chi connectivity index (χ1v) is 8.86. The van der Waals surface area contributed by atoms with E-state index in [0.717, 1.165) is 51.6 Å². The molecule has 122 valence electrons. The first-order valence-electron chi connectivity index (χ1n) is 8.86. The molecule has 1 amide bonds. The highest BCUT2D eigenvalue weighted by Crippen LogP contribution is 2.36. The molecule has 1 heterocycles. The van der Waals surface area contributed by atoms with Gasteiger partial charge in [-0.1, -0.05) is 26.2 Å². The van der Waals surface area contributed by atoms with Crippen LogP contribution >= 0.6 is 0 Å². The Kier molecular flexibility index (Phi) is 6.49. The minimum absolute atomic E-state index is 0.0695. The molecule has 1 aliphatic carbocycles. The average Bonchev–Trinajstić information content (AvgIpc) is 2.92. The molecule has 2 N–H and O–H groups in total. The predicted molar refractivity (Wildman–Crippen MR) is 85.1 cm³/mol. The van der Waals surface area contributed by atoms with Gasteiger partial charge in [0, 0.05) is 18.5 Å². The van der Waals surface area contributed by atoms with E-state index in [1.54, 1.807) is 0 Å². The Morgan fingerprint density at radius 3 is 2.76 bits per heavy atom. The number of amides is 1. The second kappa shape index (κ2) is 8.14. The van der Waals surface area contributed by atoms with Crippen LogP contribution in [0.25, 0.3) is 0 Å². The topological polar surface area (TPSA) is 52.6 Å². The largest absolute Gasteiger partial charge is 0.393 e. The number of carbonyl (C=O) groups excluding carboxylic acids is 1. The summed E-state index contributed by atoms with van der Waals surface area (Å²) in [4.78, 5) is 14.7. The van der Waals surface area contributed by atoms with Gasteiger partial charge in [-0.2, -0.15) is 0 Å². The zero-order chi connectivity index (χ0) is 15.2. The van der Waals surface area contributed by atoms with Crippen LogP contribution in [-0.4, -0.2) is 47.2 Å². The lowest BCUT2D eigenvalue weighted by Crippen LogP contribution is -2.55. The second-order valence-corrected chi connectivity index (χ2v) is 6.78. The van der Waals surface area contributed by atoms with E-state index in [9.17, 15) is 9.90 Å². The van der Waals surface area contributed by atoms with Crippen LogP contribution in [0, 0.1) is 5.92 Å². The number of carbonyl (C=O) groups is 1. The van der Waals surface area contributed by atoms with E-state index < -0.39 is 0 Å². The van der Waals surface area contributed by atoms with Crippen molar-refractivity contribution in [1.82, 2.24) is 10.2 Å². The Bertz CT molecular complexity index is 335. The van der Waals surface area contributed by atoms with Crippen LogP contribution in [0.4, 0.5) is 0 Å². The zero-order valence-electron chi connectivity index (χ0n) is 13.7. The van der Waals surface area contributed by atoms with Gasteiger partial charge < -0.3 is 10.4 Å². The summed E-state index contributed by atoms with van der Waals surface area (Å²) in [5.41, 5.74) is 0. The highest BCUT2D eigenvalue weighted by molar-refractivity contribution is 5.81. The fourth-order valence-corrected chi connectivity index (χ4v) is 4.03. The van der Waals surface area contributed by atoms with Gasteiger partial charge in [-0.25, -0.2) is 0 Å². The molecule has 2 aliphatic rings. The van der Waals surface area contributed by atoms with E-state index >= 15 is 0 Å². The van der Waals surface area contributed by atoms with E-state index in [2.05, 4.69) is 17.1 Å². The highest BCUT2D eigenvalue weighted by Gasteiger charge is 2.39. The average molecular weight is 296 g/mol. The molecule has 1 saturated carbocycles. The molecule has 4 atom stereocenters. The number of nitrogens with one attached hydrogen (secondary N) is 1. The summed E-state index contributed by atoms with van der Waals surface area (Å²) in [6.45, 7) is 5.94. The summed E-state index contributed by atoms with van der Waals surface area (Å²) in [7, 11) is 0. The van der Waals surface area contributed by atoms with Crippen molar-refractivity contribution in [3.05, 3.63) is 0 Å². The molecular formula is C17H32N2O2. The first kappa shape index (κ1) is 16.8. The summed E-state index contributed by atoms with van der Waals surface area (Å²) in [6.07, 6.45) is 8.71. The summed E-state index contributed by atoms with van der Waals surface area (Å²) in [6, 6.07) is 0.322. The molecule has 0 spiro atoms. The molecule has 0 radical (unpaired) electrons. The number of aliphatic hydroxyl groups excluding tert-OH is 1. The van der Waals surface area contributed by atoms with Gasteiger partial charge in [-0.3, -0.25) is 9.69 Å². The molecule has 21 heavy (non-hydrogen) atoms. The minimum Gasteiger partial charge on any atom is -0.393 e. The lowest BCUT2D eigenvalue weighted by atomic mass is 9.86. The molecule has 2 rings (SSSR count). The third kappa shape index (κ3) is 4.19. The van der Waals surface area contributed by atoms with Crippen molar-refractivity contribution in [3.8, 4) is 0 Å². The van der Waals surface area contributed by atoms with Gasteiger partial charge in [0.1, 0.15) is 0 Å². The summed E-state index contributed by atoms with van der Waals surface area (Å²) in [5.74, 6) is 0.527. The maximum absolute atomic E-state index is 12.3. The van der Waals surface area contributed by atoms with Crippen molar-refractivity contribution >= 4 is 5.91 Å². The van der Waals surface area contributed by atoms with Crippen LogP contribution in [0.5, 0.6) is 0 Å². The maximum atomic E-state index is 12.3. The van der Waals surface area contributed by atoms with E-state index in [-0.39, 0.29) is 18.1 Å². The minimum atomic E-state index is -0.161. The molecule has 1 aliphatic heterocycles. The Morgan fingerprint density at radius 1 is 1.29 bits per heavy atom. The van der Waals surface area contributed by atoms with Gasteiger partial charge in [0.25, 0.3) is 0 Å². The number of hydrogen-bond donors (Lipinski definition) is 2. The predicted octanol–water partition coefficient (Wildman–Crippen LogP) is 2.31. The summed E-state index contributed by atoms with van der Waals surface area (Å²) >= 11 is 0. The molecule has 4 unspecified atom stereocenters. The molecule has 0 bridgehead atoms. The van der Waals surface area contributed by atoms with Gasteiger partial charge in [0.2, 0.25) is 5.91 Å². The molecule has 4 nitrogen and oxygen atoms in total. The lowest BCUT2D eigenvalue weighted by Gasteiger charge is -2.43. The normalized spacial score (nSPS) is 32.0. The lowest BCUT2D eigenvalue weighted by molar-refractivity contribution is -0.128. The molecular weight excluding hydrogens is 264 g/mol. The second-order valence-electron chi connectivity index (χ2n) is 6.78. The van der Waals surface area contributed by atoms with E-state index in [1.165, 1.54) is 12.8 Å². The third-order valence-electron chi connectivity index (χ3n) is 5.32. The smallest absolute Gasteiger partial charge is 0.237 e. The Balaban J connectivity index is 1.95. The van der Waals surface area contributed by atoms with Crippen LogP contribution in [0.15, 0.2) is 0 Å². The van der Waals surface area contributed by atoms with Crippen LogP contribution in [-0.2, 0) is 4.79 Å². The molecule has 1 saturated heterocycles. The van der Waals surface area contributed by atoms with Gasteiger partial charge in [-0.05, 0) is 45.6 Å². The van der Waals surface area contributed by atoms with Crippen LogP contribution in [0.2, 0.25) is 0 Å². The number of piperidine rings is 1. The fourth-order valence-electron chi connectivity index (χ4n) is 4.03. The third-order valence-corrected chi connectivity index (χ3v) is 5.32. The van der Waals surface area contributed by atoms with Crippen molar-refractivity contribution < 1.29 is 9.90 Å². The monoisotopic (exact) mass is 296 g/mol. The summed E-state index contributed by atoms with van der Waals surface area (Å²) in [5, 5.41) is 13.3. The van der Waals surface area contributed by atoms with Gasteiger partial charge >= 0.3 is 0 Å². The number of unbranched alkanes of at least 4 members (excludes halogenated alkanes) is 1. The molecule has 4 heteroatoms. The quantitative estimate of drug-likeness (QED) is 0.740. The molecule has 0 aromatic carbocycles. The van der Waals surface area contributed by atoms with Crippen molar-refractivity contribution in [2.75, 3.05) is 13.1 Å². The molecule has 0 aromatic heterocycles. The number of aliphatic hydroxyl groups is 1. The van der Waals surface area contributed by atoms with Crippen LogP contribution in [0.1, 0.15) is 65.2 Å². The number of hydrogen-bond acceptors (Lipinski definition) is 3. The van der Waals surface area contributed by atoms with E-state index in [1.807, 2.05) is 6.92 Å². The Morgan fingerprint density at radius 2 is 2.10 bits per heavy atom. The van der Waals surface area contributed by atoms with Gasteiger partial charge in [0.05, 0.1) is 12.1 Å². The molecule has 2 fully saturated rings. The van der Waals surface area contributed by atoms with Crippen molar-refractivity contribution in [2.24, 2.45) is 5.92 Å². The van der Waals surface area contributed by atoms with E-state index in [4.69, 9.17) is 0 Å². The van der Waals surface area contributed by atoms with Crippen LogP contribution in [0.3, 0.4) is 0 Å². The zero-order valence-corrected chi connectivity index (χ0v) is 13.7. The van der Waals surface area contributed by atoms with Crippen LogP contribution < -0.4 is 5.32 Å². The number of nitrogens with zero attached hydrogens (tertiary/aromatic N) is 1. The van der Waals surface area contributed by atoms with Gasteiger partial charge in [0.15, 0.2) is 0 Å². The fraction of sp³-hybridized carbons (Fsp3) is 0.941. The Hall–Kier alpha value is -0.610. The van der Waals surface area contributed by atoms with E-state index in [0.29, 0.717) is 12.0 Å². The van der Waals surface area contributed by atoms with Crippen molar-refractivity contribution in [1.29, 1.82) is 0 Å². The van der Waals surface area contributed by atoms with Crippen molar-refractivity contribution in [2.45, 2.75) is 83.4 Å².